The Kier molecular flexibility index (Phi) is 8.89. The highest BCUT2D eigenvalue weighted by atomic mass is 16.5. The number of hydrogen-bond donors (Lipinski definition) is 4. The van der Waals surface area contributed by atoms with Gasteiger partial charge in [-0.1, -0.05) is 109 Å². The van der Waals surface area contributed by atoms with Crippen molar-refractivity contribution in [3.05, 3.63) is 120 Å². The third kappa shape index (κ3) is 6.65. The maximum absolute atomic E-state index is 12.5. The Balaban J connectivity index is 0.760. The molecule has 0 saturated carbocycles. The highest BCUT2D eigenvalue weighted by Crippen LogP contribution is 2.37. The van der Waals surface area contributed by atoms with Crippen molar-refractivity contribution in [1.29, 1.82) is 0 Å². The Morgan fingerprint density at radius 2 is 0.804 bits per heavy atom. The summed E-state index contributed by atoms with van der Waals surface area (Å²) in [5.41, 5.74) is 2.54. The van der Waals surface area contributed by atoms with E-state index in [1.54, 1.807) is 0 Å². The van der Waals surface area contributed by atoms with E-state index < -0.39 is 5.79 Å². The predicted molar refractivity (Wildman–Crippen MR) is 209 cm³/mol. The summed E-state index contributed by atoms with van der Waals surface area (Å²) in [5.74, 6) is -2.71. The zero-order valence-corrected chi connectivity index (χ0v) is 28.7. The SMILES string of the molecule is O=C(CCCCc1ccc2ccc3cccc4ccc1c2c34)NCC(O)(O)CNC(=O)CCCCc1ccc2ccc3cccc4ccc1c2c34. The molecular formula is C45H42N2O4. The molecule has 0 spiro atoms. The monoisotopic (exact) mass is 674 g/mol. The van der Waals surface area contributed by atoms with Crippen LogP contribution in [0.25, 0.3) is 64.6 Å². The number of aryl methyl sites for hydroxylation is 2. The van der Waals surface area contributed by atoms with Crippen molar-refractivity contribution < 1.29 is 19.8 Å². The molecule has 0 heterocycles. The molecule has 256 valence electrons. The molecule has 0 bridgehead atoms. The smallest absolute Gasteiger partial charge is 0.220 e. The highest BCUT2D eigenvalue weighted by molar-refractivity contribution is 6.24. The van der Waals surface area contributed by atoms with E-state index in [0.29, 0.717) is 25.7 Å². The second kappa shape index (κ2) is 13.8. The van der Waals surface area contributed by atoms with Gasteiger partial charge in [-0.05, 0) is 114 Å². The third-order valence-corrected chi connectivity index (χ3v) is 10.6. The molecule has 6 heteroatoms. The minimum Gasteiger partial charge on any atom is -0.363 e. The Hall–Kier alpha value is -5.30. The molecule has 0 unspecified atom stereocenters. The predicted octanol–water partition coefficient (Wildman–Crippen LogP) is 8.52. The van der Waals surface area contributed by atoms with Crippen LogP contribution >= 0.6 is 0 Å². The van der Waals surface area contributed by atoms with Crippen LogP contribution in [0, 0.1) is 0 Å². The van der Waals surface area contributed by atoms with E-state index in [-0.39, 0.29) is 24.9 Å². The zero-order chi connectivity index (χ0) is 35.0. The molecule has 0 aliphatic rings. The Morgan fingerprint density at radius 1 is 0.451 bits per heavy atom. The molecule has 0 fully saturated rings. The third-order valence-electron chi connectivity index (χ3n) is 10.6. The number of hydrogen-bond acceptors (Lipinski definition) is 4. The molecule has 0 aliphatic heterocycles. The molecule has 51 heavy (non-hydrogen) atoms. The molecule has 6 nitrogen and oxygen atoms in total. The summed E-state index contributed by atoms with van der Waals surface area (Å²) in [6, 6.07) is 39.1. The normalized spacial score (nSPS) is 12.3. The second-order valence-electron chi connectivity index (χ2n) is 14.1. The summed E-state index contributed by atoms with van der Waals surface area (Å²) in [4.78, 5) is 25.1. The van der Waals surface area contributed by atoms with Gasteiger partial charge in [0.05, 0.1) is 13.1 Å². The van der Waals surface area contributed by atoms with E-state index in [2.05, 4.69) is 120 Å². The first-order valence-electron chi connectivity index (χ1n) is 18.1. The minimum atomic E-state index is -2.23. The lowest BCUT2D eigenvalue weighted by atomic mass is 9.90. The van der Waals surface area contributed by atoms with Gasteiger partial charge in [0.25, 0.3) is 0 Å². The fraction of sp³-hybridized carbons (Fsp3) is 0.244. The van der Waals surface area contributed by atoms with Crippen molar-refractivity contribution in [2.45, 2.75) is 57.2 Å². The van der Waals surface area contributed by atoms with E-state index in [0.717, 1.165) is 25.7 Å². The molecule has 4 N–H and O–H groups in total. The summed E-state index contributed by atoms with van der Waals surface area (Å²) >= 11 is 0. The first-order chi connectivity index (χ1) is 24.8. The Morgan fingerprint density at radius 3 is 1.22 bits per heavy atom. The van der Waals surface area contributed by atoms with Crippen molar-refractivity contribution in [2.24, 2.45) is 0 Å². The number of unbranched alkanes of at least 4 members (excludes halogenated alkanes) is 2. The molecule has 0 radical (unpaired) electrons. The molecular weight excluding hydrogens is 633 g/mol. The number of rotatable bonds is 14. The number of carbonyl (C=O) groups excluding carboxylic acids is 2. The molecule has 2 amide bonds. The van der Waals surface area contributed by atoms with Crippen LogP contribution in [0.5, 0.6) is 0 Å². The zero-order valence-electron chi connectivity index (χ0n) is 28.7. The average Bonchev–Trinajstić information content (AvgIpc) is 3.15. The number of aliphatic hydroxyl groups is 2. The van der Waals surface area contributed by atoms with E-state index in [4.69, 9.17) is 0 Å². The average molecular weight is 675 g/mol. The van der Waals surface area contributed by atoms with Crippen molar-refractivity contribution in [3.8, 4) is 0 Å². The summed E-state index contributed by atoms with van der Waals surface area (Å²) in [7, 11) is 0. The van der Waals surface area contributed by atoms with Crippen molar-refractivity contribution in [2.75, 3.05) is 13.1 Å². The van der Waals surface area contributed by atoms with Crippen LogP contribution in [-0.4, -0.2) is 40.9 Å². The van der Waals surface area contributed by atoms with E-state index in [1.807, 2.05) is 0 Å². The summed E-state index contributed by atoms with van der Waals surface area (Å²) in [6.07, 6.45) is 5.35. The lowest BCUT2D eigenvalue weighted by molar-refractivity contribution is -0.160. The number of amides is 2. The van der Waals surface area contributed by atoms with E-state index in [1.165, 1.54) is 75.8 Å². The lowest BCUT2D eigenvalue weighted by Gasteiger charge is -2.22. The number of nitrogens with one attached hydrogen (secondary N) is 2. The van der Waals surface area contributed by atoms with Crippen LogP contribution < -0.4 is 10.6 Å². The van der Waals surface area contributed by atoms with Gasteiger partial charge in [-0.3, -0.25) is 9.59 Å². The van der Waals surface area contributed by atoms with Crippen molar-refractivity contribution in [1.82, 2.24) is 10.6 Å². The Bertz CT molecular complexity index is 2310. The van der Waals surface area contributed by atoms with Gasteiger partial charge in [-0.25, -0.2) is 0 Å². The Labute approximate surface area is 296 Å². The second-order valence-corrected chi connectivity index (χ2v) is 14.1. The van der Waals surface area contributed by atoms with Crippen LogP contribution in [0.3, 0.4) is 0 Å². The quantitative estimate of drug-likeness (QED) is 0.0528. The van der Waals surface area contributed by atoms with Gasteiger partial charge in [-0.15, -0.1) is 0 Å². The molecule has 0 aromatic heterocycles. The molecule has 8 aromatic carbocycles. The molecule has 0 atom stereocenters. The molecule has 0 aliphatic carbocycles. The van der Waals surface area contributed by atoms with Crippen LogP contribution in [-0.2, 0) is 22.4 Å². The van der Waals surface area contributed by atoms with Gasteiger partial charge >= 0.3 is 0 Å². The van der Waals surface area contributed by atoms with Crippen molar-refractivity contribution >= 4 is 76.4 Å². The van der Waals surface area contributed by atoms with Gasteiger partial charge in [-0.2, -0.15) is 0 Å². The van der Waals surface area contributed by atoms with Crippen LogP contribution in [0.4, 0.5) is 0 Å². The largest absolute Gasteiger partial charge is 0.363 e. The fourth-order valence-corrected chi connectivity index (χ4v) is 7.95. The number of carbonyl (C=O) groups is 2. The van der Waals surface area contributed by atoms with Gasteiger partial charge in [0.1, 0.15) is 0 Å². The van der Waals surface area contributed by atoms with Gasteiger partial charge in [0, 0.05) is 12.8 Å². The first kappa shape index (κ1) is 32.9. The van der Waals surface area contributed by atoms with Gasteiger partial charge in [0.15, 0.2) is 5.79 Å². The fourth-order valence-electron chi connectivity index (χ4n) is 7.95. The van der Waals surface area contributed by atoms with Gasteiger partial charge < -0.3 is 20.8 Å². The lowest BCUT2D eigenvalue weighted by Crippen LogP contribution is -2.50. The summed E-state index contributed by atoms with van der Waals surface area (Å²) in [6.45, 7) is -0.703. The first-order valence-corrected chi connectivity index (χ1v) is 18.1. The molecule has 8 rings (SSSR count). The number of benzene rings is 8. The molecule has 8 aromatic rings. The summed E-state index contributed by atoms with van der Waals surface area (Å²) in [5, 5.41) is 41.3. The highest BCUT2D eigenvalue weighted by Gasteiger charge is 2.24. The van der Waals surface area contributed by atoms with Crippen LogP contribution in [0.2, 0.25) is 0 Å². The maximum Gasteiger partial charge on any atom is 0.220 e. The van der Waals surface area contributed by atoms with Crippen LogP contribution in [0.15, 0.2) is 109 Å². The topological polar surface area (TPSA) is 98.7 Å². The van der Waals surface area contributed by atoms with E-state index >= 15 is 0 Å². The summed E-state index contributed by atoms with van der Waals surface area (Å²) < 4.78 is 0. The van der Waals surface area contributed by atoms with E-state index in [9.17, 15) is 19.8 Å². The van der Waals surface area contributed by atoms with Gasteiger partial charge in [0.2, 0.25) is 11.8 Å². The van der Waals surface area contributed by atoms with Crippen molar-refractivity contribution in [3.63, 3.8) is 0 Å². The minimum absolute atomic E-state index is 0.240. The maximum atomic E-state index is 12.5. The standard InChI is InChI=1S/C45H42N2O4/c48-39(13-3-1-7-29-15-17-35-21-19-31-9-5-11-33-23-25-37(29)43(35)41(31)33)46-27-45(50,51)28-47-40(49)14-4-2-8-30-16-18-36-22-20-32-10-6-12-34-24-26-38(30)44(36)42(32)34/h5-6,9-12,15-26,50-51H,1-4,7-8,13-14,27-28H2,(H,46,48)(H,47,49). The van der Waals surface area contributed by atoms with Crippen LogP contribution in [0.1, 0.15) is 49.7 Å². The molecule has 0 saturated heterocycles.